The zero-order chi connectivity index (χ0) is 21.1. The molecule has 7 nitrogen and oxygen atoms in total. The molecule has 4 rings (SSSR count). The molecule has 0 aliphatic rings. The van der Waals surface area contributed by atoms with Crippen molar-refractivity contribution < 1.29 is 22.7 Å². The molecule has 0 bridgehead atoms. The lowest BCUT2D eigenvalue weighted by molar-refractivity contribution is 0.0944. The van der Waals surface area contributed by atoms with Gasteiger partial charge >= 0.3 is 0 Å². The van der Waals surface area contributed by atoms with E-state index in [0.29, 0.717) is 39.4 Å². The Balaban J connectivity index is 1.66. The molecule has 2 heterocycles. The van der Waals surface area contributed by atoms with Crippen LogP contribution in [0.5, 0.6) is 5.75 Å². The monoisotopic (exact) mass is 410 g/mol. The predicted molar refractivity (Wildman–Crippen MR) is 106 cm³/mol. The third-order valence-electron chi connectivity index (χ3n) is 4.42. The first-order valence-electron chi connectivity index (χ1n) is 8.91. The number of halogens is 2. The van der Waals surface area contributed by atoms with Crippen molar-refractivity contribution in [3.05, 3.63) is 77.1 Å². The number of amides is 1. The van der Waals surface area contributed by atoms with E-state index < -0.39 is 11.6 Å². The summed E-state index contributed by atoms with van der Waals surface area (Å²) in [5, 5.41) is 10.4. The Hall–Kier alpha value is -4.01. The molecular formula is C21H16F2N4O3. The number of benzene rings is 2. The second-order valence-corrected chi connectivity index (χ2v) is 6.29. The van der Waals surface area contributed by atoms with Crippen LogP contribution in [0.2, 0.25) is 0 Å². The Kier molecular flexibility index (Phi) is 5.25. The molecule has 0 unspecified atom stereocenters. The molecule has 1 amide bonds. The molecule has 0 spiro atoms. The van der Waals surface area contributed by atoms with Crippen molar-refractivity contribution in [2.45, 2.75) is 6.54 Å². The third kappa shape index (κ3) is 3.77. The summed E-state index contributed by atoms with van der Waals surface area (Å²) in [5.41, 5.74) is 1.90. The number of rotatable bonds is 6. The number of aromatic amines is 1. The van der Waals surface area contributed by atoms with E-state index in [2.05, 4.69) is 20.5 Å². The maximum absolute atomic E-state index is 13.4. The van der Waals surface area contributed by atoms with Crippen LogP contribution in [-0.4, -0.2) is 28.2 Å². The van der Waals surface area contributed by atoms with E-state index in [1.165, 1.54) is 25.6 Å². The van der Waals surface area contributed by atoms with Gasteiger partial charge in [-0.3, -0.25) is 9.89 Å². The van der Waals surface area contributed by atoms with Crippen LogP contribution in [0.1, 0.15) is 27.5 Å². The van der Waals surface area contributed by atoms with Crippen LogP contribution in [0.25, 0.3) is 23.1 Å². The average Bonchev–Trinajstić information content (AvgIpc) is 3.42. The van der Waals surface area contributed by atoms with E-state index in [0.717, 1.165) is 12.1 Å². The maximum atomic E-state index is 13.4. The zero-order valence-electron chi connectivity index (χ0n) is 15.8. The minimum atomic E-state index is -0.938. The molecule has 0 fully saturated rings. The summed E-state index contributed by atoms with van der Waals surface area (Å²) in [6.07, 6.45) is 6.13. The van der Waals surface area contributed by atoms with Crippen molar-refractivity contribution in [3.63, 3.8) is 0 Å². The highest BCUT2D eigenvalue weighted by Crippen LogP contribution is 2.32. The quantitative estimate of drug-likeness (QED) is 0.502. The molecule has 0 radical (unpaired) electrons. The lowest BCUT2D eigenvalue weighted by Crippen LogP contribution is -2.23. The second-order valence-electron chi connectivity index (χ2n) is 6.29. The van der Waals surface area contributed by atoms with Gasteiger partial charge in [0, 0.05) is 0 Å². The van der Waals surface area contributed by atoms with Crippen LogP contribution in [0.3, 0.4) is 0 Å². The molecule has 30 heavy (non-hydrogen) atoms. The molecule has 2 aromatic carbocycles. The third-order valence-corrected chi connectivity index (χ3v) is 4.42. The number of aromatic nitrogens is 3. The number of nitrogens with one attached hydrogen (secondary N) is 2. The number of H-pyrrole nitrogens is 1. The van der Waals surface area contributed by atoms with Gasteiger partial charge in [0.2, 0.25) is 5.89 Å². The standard InChI is InChI=1S/C21H16F2N4O3/c1-29-20-13(21(28)25-11-18-24-8-9-30-18)4-7-17-19(20)16(26-27-17)6-3-12-2-5-14(22)15(23)10-12/h2-10H,11H2,1H3,(H,25,28)(H,26,27)/b6-3+. The van der Waals surface area contributed by atoms with Crippen LogP contribution < -0.4 is 10.1 Å². The fraction of sp³-hybridized carbons (Fsp3) is 0.0952. The van der Waals surface area contributed by atoms with Gasteiger partial charge in [-0.1, -0.05) is 12.1 Å². The summed E-state index contributed by atoms with van der Waals surface area (Å²) in [7, 11) is 1.45. The van der Waals surface area contributed by atoms with E-state index in [4.69, 9.17) is 9.15 Å². The van der Waals surface area contributed by atoms with Gasteiger partial charge in [-0.15, -0.1) is 0 Å². The van der Waals surface area contributed by atoms with Gasteiger partial charge in [0.1, 0.15) is 12.0 Å². The summed E-state index contributed by atoms with van der Waals surface area (Å²) in [6.45, 7) is 0.126. The van der Waals surface area contributed by atoms with Gasteiger partial charge in [0.25, 0.3) is 5.91 Å². The average molecular weight is 410 g/mol. The largest absolute Gasteiger partial charge is 0.495 e. The summed E-state index contributed by atoms with van der Waals surface area (Å²) >= 11 is 0. The molecule has 0 saturated heterocycles. The summed E-state index contributed by atoms with van der Waals surface area (Å²) in [6, 6.07) is 6.91. The molecule has 152 valence electrons. The maximum Gasteiger partial charge on any atom is 0.255 e. The van der Waals surface area contributed by atoms with Gasteiger partial charge in [-0.25, -0.2) is 13.8 Å². The van der Waals surface area contributed by atoms with Gasteiger partial charge in [-0.2, -0.15) is 5.10 Å². The van der Waals surface area contributed by atoms with Gasteiger partial charge in [0.15, 0.2) is 11.6 Å². The smallest absolute Gasteiger partial charge is 0.255 e. The summed E-state index contributed by atoms with van der Waals surface area (Å²) in [4.78, 5) is 16.6. The minimum Gasteiger partial charge on any atom is -0.495 e. The minimum absolute atomic E-state index is 0.126. The van der Waals surface area contributed by atoms with Gasteiger partial charge in [0.05, 0.1) is 42.0 Å². The zero-order valence-corrected chi connectivity index (χ0v) is 15.8. The number of nitrogens with zero attached hydrogens (tertiary/aromatic N) is 2. The van der Waals surface area contributed by atoms with Crippen LogP contribution in [0, 0.1) is 11.6 Å². The SMILES string of the molecule is COc1c(C(=O)NCc2ncco2)ccc2[nH]nc(/C=C/c3ccc(F)c(F)c3)c12. The fourth-order valence-electron chi connectivity index (χ4n) is 3.00. The Bertz CT molecular complexity index is 1230. The molecule has 0 saturated carbocycles. The Morgan fingerprint density at radius 3 is 2.83 bits per heavy atom. The van der Waals surface area contributed by atoms with Crippen molar-refractivity contribution >= 4 is 29.0 Å². The van der Waals surface area contributed by atoms with Crippen LogP contribution in [0.15, 0.2) is 47.2 Å². The van der Waals surface area contributed by atoms with E-state index in [9.17, 15) is 13.6 Å². The first kappa shape index (κ1) is 19.3. The molecular weight excluding hydrogens is 394 g/mol. The first-order chi connectivity index (χ1) is 14.6. The summed E-state index contributed by atoms with van der Waals surface area (Å²) in [5.74, 6) is -1.52. The van der Waals surface area contributed by atoms with Gasteiger partial charge in [-0.05, 0) is 35.9 Å². The fourth-order valence-corrected chi connectivity index (χ4v) is 3.00. The van der Waals surface area contributed by atoms with E-state index in [1.807, 2.05) is 0 Å². The number of carbonyl (C=O) groups excluding carboxylic acids is 1. The molecule has 2 N–H and O–H groups in total. The number of hydrogen-bond acceptors (Lipinski definition) is 5. The number of ether oxygens (including phenoxy) is 1. The van der Waals surface area contributed by atoms with Crippen molar-refractivity contribution in [2.75, 3.05) is 7.11 Å². The molecule has 0 atom stereocenters. The van der Waals surface area contributed by atoms with Gasteiger partial charge < -0.3 is 14.5 Å². The van der Waals surface area contributed by atoms with E-state index >= 15 is 0 Å². The number of carbonyl (C=O) groups is 1. The Morgan fingerprint density at radius 2 is 2.10 bits per heavy atom. The predicted octanol–water partition coefficient (Wildman–Crippen LogP) is 3.94. The van der Waals surface area contributed by atoms with Crippen LogP contribution in [-0.2, 0) is 6.54 Å². The second kappa shape index (κ2) is 8.16. The number of methoxy groups -OCH3 is 1. The molecule has 2 aromatic heterocycles. The number of fused-ring (bicyclic) bond motifs is 1. The number of oxazole rings is 1. The van der Waals surface area contributed by atoms with E-state index in [1.54, 1.807) is 24.3 Å². The topological polar surface area (TPSA) is 93.0 Å². The number of hydrogen-bond donors (Lipinski definition) is 2. The Labute approximate surface area is 169 Å². The lowest BCUT2D eigenvalue weighted by atomic mass is 10.1. The van der Waals surface area contributed by atoms with Crippen LogP contribution >= 0.6 is 0 Å². The molecule has 9 heteroatoms. The van der Waals surface area contributed by atoms with Crippen molar-refractivity contribution in [1.29, 1.82) is 0 Å². The highest BCUT2D eigenvalue weighted by Gasteiger charge is 2.19. The van der Waals surface area contributed by atoms with Crippen molar-refractivity contribution in [3.8, 4) is 5.75 Å². The van der Waals surface area contributed by atoms with Crippen molar-refractivity contribution in [1.82, 2.24) is 20.5 Å². The lowest BCUT2D eigenvalue weighted by Gasteiger charge is -2.10. The normalized spacial score (nSPS) is 11.3. The molecule has 4 aromatic rings. The first-order valence-corrected chi connectivity index (χ1v) is 8.91. The highest BCUT2D eigenvalue weighted by atomic mass is 19.2. The van der Waals surface area contributed by atoms with Crippen molar-refractivity contribution in [2.24, 2.45) is 0 Å². The molecule has 0 aliphatic heterocycles. The Morgan fingerprint density at radius 1 is 1.23 bits per heavy atom. The van der Waals surface area contributed by atoms with Crippen LogP contribution in [0.4, 0.5) is 8.78 Å². The summed E-state index contributed by atoms with van der Waals surface area (Å²) < 4.78 is 37.1. The van der Waals surface area contributed by atoms with E-state index in [-0.39, 0.29) is 12.5 Å². The highest BCUT2D eigenvalue weighted by molar-refractivity contribution is 6.05. The molecule has 0 aliphatic carbocycles.